The zero-order valence-corrected chi connectivity index (χ0v) is 12.4. The number of alkyl halides is 1. The van der Waals surface area contributed by atoms with E-state index in [1.165, 1.54) is 17.4 Å². The molecule has 0 aliphatic carbocycles. The average molecular weight is 353 g/mol. The van der Waals surface area contributed by atoms with Crippen LogP contribution in [0.1, 0.15) is 12.1 Å². The van der Waals surface area contributed by atoms with E-state index in [9.17, 15) is 8.78 Å². The van der Waals surface area contributed by atoms with E-state index in [-0.39, 0.29) is 4.47 Å². The van der Waals surface area contributed by atoms with Crippen LogP contribution >= 0.6 is 38.9 Å². The fraction of sp³-hybridized carbons (Fsp3) is 0.250. The Kier molecular flexibility index (Phi) is 4.70. The summed E-state index contributed by atoms with van der Waals surface area (Å²) >= 11 is 10.1. The molecule has 0 aliphatic rings. The number of hydrogen-bond donors (Lipinski definition) is 0. The molecule has 0 bridgehead atoms. The minimum atomic E-state index is -0.884. The quantitative estimate of drug-likeness (QED) is 0.556. The summed E-state index contributed by atoms with van der Waals surface area (Å²) in [7, 11) is 0. The summed E-state index contributed by atoms with van der Waals surface area (Å²) in [5.74, 6) is -1.17. The van der Waals surface area contributed by atoms with Crippen molar-refractivity contribution in [3.63, 3.8) is 0 Å². The molecule has 0 spiro atoms. The molecule has 0 aliphatic heterocycles. The smallest absolute Gasteiger partial charge is 0.173 e. The van der Waals surface area contributed by atoms with Gasteiger partial charge in [-0.1, -0.05) is 0 Å². The number of thiazole rings is 1. The Hall–Kier alpha value is -0.520. The van der Waals surface area contributed by atoms with Gasteiger partial charge < -0.3 is 0 Å². The average Bonchev–Trinajstić information content (AvgIpc) is 2.82. The Morgan fingerprint density at radius 2 is 2.11 bits per heavy atom. The minimum Gasteiger partial charge on any atom is -0.241 e. The molecule has 2 rings (SSSR count). The van der Waals surface area contributed by atoms with Crippen molar-refractivity contribution in [2.75, 3.05) is 5.88 Å². The van der Waals surface area contributed by atoms with Gasteiger partial charge in [0.1, 0.15) is 5.01 Å². The molecule has 96 valence electrons. The first kappa shape index (κ1) is 13.9. The van der Waals surface area contributed by atoms with Gasteiger partial charge >= 0.3 is 0 Å². The van der Waals surface area contributed by atoms with Crippen LogP contribution in [0.2, 0.25) is 0 Å². The molecule has 18 heavy (non-hydrogen) atoms. The van der Waals surface area contributed by atoms with E-state index < -0.39 is 11.6 Å². The van der Waals surface area contributed by atoms with Crippen LogP contribution in [0.5, 0.6) is 0 Å². The maximum atomic E-state index is 13.4. The van der Waals surface area contributed by atoms with E-state index in [0.29, 0.717) is 16.5 Å². The SMILES string of the molecule is Fc1ccc(-c2nc(CCCCl)cs2)c(Br)c1F. The first-order valence-electron chi connectivity index (χ1n) is 5.27. The van der Waals surface area contributed by atoms with Crippen molar-refractivity contribution < 1.29 is 8.78 Å². The van der Waals surface area contributed by atoms with Gasteiger partial charge in [-0.15, -0.1) is 22.9 Å². The van der Waals surface area contributed by atoms with E-state index in [2.05, 4.69) is 20.9 Å². The van der Waals surface area contributed by atoms with Gasteiger partial charge in [-0.2, -0.15) is 0 Å². The number of benzene rings is 1. The minimum absolute atomic E-state index is 0.112. The van der Waals surface area contributed by atoms with Gasteiger partial charge in [0.15, 0.2) is 11.6 Å². The number of aromatic nitrogens is 1. The summed E-state index contributed by atoms with van der Waals surface area (Å²) in [5, 5.41) is 2.58. The van der Waals surface area contributed by atoms with Gasteiger partial charge in [0, 0.05) is 16.8 Å². The van der Waals surface area contributed by atoms with Gasteiger partial charge in [-0.3, -0.25) is 0 Å². The van der Waals surface area contributed by atoms with Crippen LogP contribution in [-0.2, 0) is 6.42 Å². The molecule has 2 aromatic rings. The maximum Gasteiger partial charge on any atom is 0.173 e. The molecule has 0 unspecified atom stereocenters. The fourth-order valence-electron chi connectivity index (χ4n) is 1.48. The van der Waals surface area contributed by atoms with Crippen molar-refractivity contribution in [1.82, 2.24) is 4.98 Å². The highest BCUT2D eigenvalue weighted by molar-refractivity contribution is 9.10. The molecule has 1 heterocycles. The number of aryl methyl sites for hydroxylation is 1. The zero-order valence-electron chi connectivity index (χ0n) is 9.22. The zero-order chi connectivity index (χ0) is 13.1. The Morgan fingerprint density at radius 3 is 2.83 bits per heavy atom. The summed E-state index contributed by atoms with van der Waals surface area (Å²) < 4.78 is 26.5. The maximum absolute atomic E-state index is 13.4. The van der Waals surface area contributed by atoms with Crippen LogP contribution in [0.15, 0.2) is 22.0 Å². The topological polar surface area (TPSA) is 12.9 Å². The van der Waals surface area contributed by atoms with E-state index >= 15 is 0 Å². The third-order valence-electron chi connectivity index (χ3n) is 2.38. The van der Waals surface area contributed by atoms with Gasteiger partial charge in [0.25, 0.3) is 0 Å². The normalized spacial score (nSPS) is 10.9. The highest BCUT2D eigenvalue weighted by atomic mass is 79.9. The Balaban J connectivity index is 2.31. The third-order valence-corrected chi connectivity index (χ3v) is 4.35. The van der Waals surface area contributed by atoms with E-state index in [0.717, 1.165) is 24.6 Å². The lowest BCUT2D eigenvalue weighted by molar-refractivity contribution is 0.505. The predicted molar refractivity (Wildman–Crippen MR) is 74.2 cm³/mol. The largest absolute Gasteiger partial charge is 0.241 e. The Morgan fingerprint density at radius 1 is 1.33 bits per heavy atom. The van der Waals surface area contributed by atoms with Gasteiger partial charge in [-0.05, 0) is 40.9 Å². The first-order valence-corrected chi connectivity index (χ1v) is 7.48. The van der Waals surface area contributed by atoms with Crippen LogP contribution < -0.4 is 0 Å². The second-order valence-electron chi connectivity index (χ2n) is 3.66. The van der Waals surface area contributed by atoms with Crippen LogP contribution in [-0.4, -0.2) is 10.9 Å². The number of halogens is 4. The van der Waals surface area contributed by atoms with E-state index in [1.807, 2.05) is 5.38 Å². The molecule has 0 fully saturated rings. The molecule has 0 saturated carbocycles. The summed E-state index contributed by atoms with van der Waals surface area (Å²) in [6.45, 7) is 0. The molecule has 0 radical (unpaired) electrons. The molecule has 0 N–H and O–H groups in total. The lowest BCUT2D eigenvalue weighted by Crippen LogP contribution is -1.90. The Bertz CT molecular complexity index is 559. The predicted octanol–water partition coefficient (Wildman–Crippen LogP) is 5.02. The second kappa shape index (κ2) is 6.08. The van der Waals surface area contributed by atoms with Crippen molar-refractivity contribution in [2.24, 2.45) is 0 Å². The lowest BCUT2D eigenvalue weighted by Gasteiger charge is -2.02. The van der Waals surface area contributed by atoms with Crippen LogP contribution in [0.4, 0.5) is 8.78 Å². The number of rotatable bonds is 4. The molecule has 1 aromatic heterocycles. The molecule has 1 nitrogen and oxygen atoms in total. The van der Waals surface area contributed by atoms with Gasteiger partial charge in [0.2, 0.25) is 0 Å². The standard InChI is InChI=1S/C12H9BrClF2NS/c13-10-8(3-4-9(15)11(10)16)12-17-7(6-18-12)2-1-5-14/h3-4,6H,1-2,5H2. The van der Waals surface area contributed by atoms with Crippen LogP contribution in [0, 0.1) is 11.6 Å². The number of nitrogens with zero attached hydrogens (tertiary/aromatic N) is 1. The fourth-order valence-corrected chi connectivity index (χ4v) is 3.14. The third kappa shape index (κ3) is 2.90. The van der Waals surface area contributed by atoms with Gasteiger partial charge in [0.05, 0.1) is 10.2 Å². The molecule has 1 aromatic carbocycles. The first-order chi connectivity index (χ1) is 8.63. The number of hydrogen-bond acceptors (Lipinski definition) is 2. The highest BCUT2D eigenvalue weighted by Gasteiger charge is 2.14. The monoisotopic (exact) mass is 351 g/mol. The summed E-state index contributed by atoms with van der Waals surface area (Å²) in [5.41, 5.74) is 1.49. The van der Waals surface area contributed by atoms with E-state index in [1.54, 1.807) is 0 Å². The molecular formula is C12H9BrClF2NS. The molecule has 0 saturated heterocycles. The van der Waals surface area contributed by atoms with Crippen LogP contribution in [0.25, 0.3) is 10.6 Å². The molecule has 0 amide bonds. The van der Waals surface area contributed by atoms with Crippen molar-refractivity contribution in [2.45, 2.75) is 12.8 Å². The van der Waals surface area contributed by atoms with Crippen molar-refractivity contribution in [3.05, 3.63) is 39.3 Å². The summed E-state index contributed by atoms with van der Waals surface area (Å²) in [6, 6.07) is 2.63. The second-order valence-corrected chi connectivity index (χ2v) is 5.69. The summed E-state index contributed by atoms with van der Waals surface area (Å²) in [6.07, 6.45) is 1.64. The molecule has 0 atom stereocenters. The molecular weight excluding hydrogens is 344 g/mol. The van der Waals surface area contributed by atoms with Crippen molar-refractivity contribution >= 4 is 38.9 Å². The lowest BCUT2D eigenvalue weighted by atomic mass is 10.2. The Labute approximate surface area is 121 Å². The van der Waals surface area contributed by atoms with E-state index in [4.69, 9.17) is 11.6 Å². The van der Waals surface area contributed by atoms with Gasteiger partial charge in [-0.25, -0.2) is 13.8 Å². The highest BCUT2D eigenvalue weighted by Crippen LogP contribution is 2.33. The molecule has 6 heteroatoms. The summed E-state index contributed by atoms with van der Waals surface area (Å²) in [4.78, 5) is 4.39. The van der Waals surface area contributed by atoms with Crippen molar-refractivity contribution in [1.29, 1.82) is 0 Å². The van der Waals surface area contributed by atoms with Crippen molar-refractivity contribution in [3.8, 4) is 10.6 Å². The van der Waals surface area contributed by atoms with Crippen LogP contribution in [0.3, 0.4) is 0 Å².